The molecule has 4 aromatic carbocycles. The summed E-state index contributed by atoms with van der Waals surface area (Å²) in [5, 5.41) is 0. The van der Waals surface area contributed by atoms with E-state index in [4.69, 9.17) is 0 Å². The number of rotatable bonds is 7. The summed E-state index contributed by atoms with van der Waals surface area (Å²) >= 11 is 0. The molecule has 242 valence electrons. The Morgan fingerprint density at radius 3 is 2.04 bits per heavy atom. The maximum atomic E-state index is 14.1. The Labute approximate surface area is 269 Å². The van der Waals surface area contributed by atoms with Gasteiger partial charge in [0, 0.05) is 49.7 Å². The molecule has 0 aromatic heterocycles. The molecule has 0 saturated carbocycles. The Hall–Kier alpha value is -5.06. The van der Waals surface area contributed by atoms with Crippen molar-refractivity contribution in [1.82, 2.24) is 9.80 Å². The highest BCUT2D eigenvalue weighted by molar-refractivity contribution is 5.99. The van der Waals surface area contributed by atoms with Crippen LogP contribution in [0.4, 0.5) is 28.9 Å². The minimum atomic E-state index is -4.76. The molecule has 0 radical (unpaired) electrons. The van der Waals surface area contributed by atoms with E-state index in [1.807, 2.05) is 53.4 Å². The molecule has 3 aliphatic heterocycles. The number of para-hydroxylation sites is 1. The van der Waals surface area contributed by atoms with Crippen molar-refractivity contribution in [3.05, 3.63) is 125 Å². The van der Waals surface area contributed by atoms with Gasteiger partial charge in [-0.05, 0) is 84.1 Å². The fourth-order valence-corrected chi connectivity index (χ4v) is 6.98. The number of fused-ring (bicyclic) bond motifs is 1. The number of halogens is 4. The van der Waals surface area contributed by atoms with Crippen molar-refractivity contribution in [2.24, 2.45) is 0 Å². The summed E-state index contributed by atoms with van der Waals surface area (Å²) in [4.78, 5) is 35.3. The summed E-state index contributed by atoms with van der Waals surface area (Å²) in [6.07, 6.45) is -3.55. The Balaban J connectivity index is 1.04. The molecule has 0 N–H and O–H groups in total. The Bertz CT molecular complexity index is 1770. The third kappa shape index (κ3) is 6.09. The monoisotopic (exact) mass is 644 g/mol. The first kappa shape index (κ1) is 30.6. The molecule has 3 aliphatic rings. The molecule has 0 atom stereocenters. The van der Waals surface area contributed by atoms with Crippen LogP contribution < -0.4 is 14.5 Å². The number of benzene rings is 4. The molecule has 2 saturated heterocycles. The van der Waals surface area contributed by atoms with Gasteiger partial charge in [-0.2, -0.15) is 0 Å². The number of anilines is 2. The topological polar surface area (TPSA) is 56.3 Å². The van der Waals surface area contributed by atoms with E-state index in [1.165, 1.54) is 36.4 Å². The molecule has 3 heterocycles. The van der Waals surface area contributed by atoms with Crippen molar-refractivity contribution in [1.29, 1.82) is 0 Å². The van der Waals surface area contributed by atoms with Gasteiger partial charge in [0.15, 0.2) is 0 Å². The fraction of sp³-hybridized carbons (Fsp3) is 0.278. The number of hydrogen-bond donors (Lipinski definition) is 0. The van der Waals surface area contributed by atoms with Gasteiger partial charge in [0.2, 0.25) is 5.91 Å². The van der Waals surface area contributed by atoms with Gasteiger partial charge in [-0.25, -0.2) is 4.39 Å². The largest absolute Gasteiger partial charge is 0.573 e. The third-order valence-corrected chi connectivity index (χ3v) is 9.32. The van der Waals surface area contributed by atoms with Crippen molar-refractivity contribution < 1.29 is 31.9 Å². The van der Waals surface area contributed by atoms with Crippen molar-refractivity contribution in [3.8, 4) is 5.75 Å². The van der Waals surface area contributed by atoms with Crippen LogP contribution in [0, 0.1) is 5.82 Å². The summed E-state index contributed by atoms with van der Waals surface area (Å²) in [7, 11) is 0. The maximum absolute atomic E-state index is 14.1. The molecular weight excluding hydrogens is 612 g/mol. The highest BCUT2D eigenvalue weighted by Gasteiger charge is 2.53. The second-order valence-corrected chi connectivity index (χ2v) is 12.2. The van der Waals surface area contributed by atoms with Crippen LogP contribution in [0.15, 0.2) is 97.1 Å². The number of nitrogens with zero attached hydrogens (tertiary/aromatic N) is 4. The molecule has 7 nitrogen and oxygen atoms in total. The zero-order valence-corrected chi connectivity index (χ0v) is 25.4. The number of piperidine rings is 1. The minimum absolute atomic E-state index is 0.0681. The van der Waals surface area contributed by atoms with Crippen LogP contribution in [-0.2, 0) is 24.4 Å². The zero-order chi connectivity index (χ0) is 32.8. The van der Waals surface area contributed by atoms with Crippen LogP contribution in [0.25, 0.3) is 0 Å². The van der Waals surface area contributed by atoms with E-state index in [0.717, 1.165) is 22.5 Å². The summed E-state index contributed by atoms with van der Waals surface area (Å²) in [5.41, 5.74) is 4.31. The summed E-state index contributed by atoms with van der Waals surface area (Å²) < 4.78 is 55.0. The number of amides is 2. The maximum Gasteiger partial charge on any atom is 0.573 e. The lowest BCUT2D eigenvalue weighted by Gasteiger charge is -2.44. The third-order valence-electron chi connectivity index (χ3n) is 9.32. The Kier molecular flexibility index (Phi) is 7.77. The van der Waals surface area contributed by atoms with E-state index in [9.17, 15) is 27.2 Å². The van der Waals surface area contributed by atoms with Crippen LogP contribution in [0.3, 0.4) is 0 Å². The molecule has 4 aromatic rings. The molecule has 1 spiro atoms. The first-order valence-electron chi connectivity index (χ1n) is 15.5. The predicted molar refractivity (Wildman–Crippen MR) is 168 cm³/mol. The summed E-state index contributed by atoms with van der Waals surface area (Å²) in [6.45, 7) is 2.76. The molecule has 11 heteroatoms. The quantitative estimate of drug-likeness (QED) is 0.209. The highest BCUT2D eigenvalue weighted by Crippen LogP contribution is 2.41. The second-order valence-electron chi connectivity index (χ2n) is 12.2. The van der Waals surface area contributed by atoms with Crippen molar-refractivity contribution in [2.45, 2.75) is 44.4 Å². The second kappa shape index (κ2) is 11.9. The molecule has 7 rings (SSSR count). The first-order chi connectivity index (χ1) is 22.6. The van der Waals surface area contributed by atoms with E-state index in [1.54, 1.807) is 17.0 Å². The van der Waals surface area contributed by atoms with Crippen molar-refractivity contribution in [2.75, 3.05) is 29.6 Å². The van der Waals surface area contributed by atoms with Crippen LogP contribution in [-0.4, -0.2) is 53.3 Å². The Morgan fingerprint density at radius 1 is 0.745 bits per heavy atom. The standard InChI is InChI=1S/C36H32F4N4O3/c37-28-10-6-25(7-11-28)22-43-24-44(29-4-2-1-3-5-29)35(34(43)46)16-18-41(19-17-35)30-12-15-32-27(20-30)23-42(33(32)45)21-26-8-13-31(14-9-26)47-36(38,39)40/h1-15,20H,16-19,21-24H2. The van der Waals surface area contributed by atoms with Gasteiger partial charge in [0.1, 0.15) is 17.1 Å². The number of ether oxygens (including phenoxy) is 1. The predicted octanol–water partition coefficient (Wildman–Crippen LogP) is 6.73. The van der Waals surface area contributed by atoms with Gasteiger partial charge in [-0.3, -0.25) is 9.59 Å². The van der Waals surface area contributed by atoms with E-state index >= 15 is 0 Å². The summed E-state index contributed by atoms with van der Waals surface area (Å²) in [6, 6.07) is 27.5. The van der Waals surface area contributed by atoms with Gasteiger partial charge in [-0.1, -0.05) is 42.5 Å². The molecule has 0 aliphatic carbocycles. The van der Waals surface area contributed by atoms with E-state index in [0.29, 0.717) is 56.8 Å². The molecule has 2 amide bonds. The molecule has 0 unspecified atom stereocenters. The van der Waals surface area contributed by atoms with Crippen LogP contribution in [0.2, 0.25) is 0 Å². The van der Waals surface area contributed by atoms with Crippen LogP contribution in [0.1, 0.15) is 39.9 Å². The molecule has 0 bridgehead atoms. The van der Waals surface area contributed by atoms with Crippen LogP contribution in [0.5, 0.6) is 5.75 Å². The number of hydrogen-bond acceptors (Lipinski definition) is 5. The van der Waals surface area contributed by atoms with Gasteiger partial charge in [0.05, 0.1) is 6.67 Å². The van der Waals surface area contributed by atoms with E-state index < -0.39 is 11.9 Å². The van der Waals surface area contributed by atoms with Crippen LogP contribution >= 0.6 is 0 Å². The van der Waals surface area contributed by atoms with Crippen molar-refractivity contribution >= 4 is 23.2 Å². The number of alkyl halides is 3. The Morgan fingerprint density at radius 2 is 1.38 bits per heavy atom. The lowest BCUT2D eigenvalue weighted by molar-refractivity contribution is -0.274. The van der Waals surface area contributed by atoms with Gasteiger partial charge < -0.3 is 24.3 Å². The fourth-order valence-electron chi connectivity index (χ4n) is 6.98. The normalized spacial score (nSPS) is 17.5. The number of carbonyl (C=O) groups is 2. The smallest absolute Gasteiger partial charge is 0.406 e. The van der Waals surface area contributed by atoms with E-state index in [-0.39, 0.29) is 29.9 Å². The lowest BCUT2D eigenvalue weighted by atomic mass is 9.85. The van der Waals surface area contributed by atoms with Gasteiger partial charge in [-0.15, -0.1) is 13.2 Å². The zero-order valence-electron chi connectivity index (χ0n) is 25.4. The average molecular weight is 645 g/mol. The van der Waals surface area contributed by atoms with Gasteiger partial charge >= 0.3 is 6.36 Å². The minimum Gasteiger partial charge on any atom is -0.406 e. The van der Waals surface area contributed by atoms with Gasteiger partial charge in [0.25, 0.3) is 5.91 Å². The molecule has 2 fully saturated rings. The first-order valence-corrected chi connectivity index (χ1v) is 15.5. The number of carbonyl (C=O) groups excluding carboxylic acids is 2. The average Bonchev–Trinajstić information content (AvgIpc) is 3.51. The summed E-state index contributed by atoms with van der Waals surface area (Å²) in [5.74, 6) is -0.681. The highest BCUT2D eigenvalue weighted by atomic mass is 19.4. The van der Waals surface area contributed by atoms with Crippen molar-refractivity contribution in [3.63, 3.8) is 0 Å². The lowest BCUT2D eigenvalue weighted by Crippen LogP contribution is -2.56. The van der Waals surface area contributed by atoms with E-state index in [2.05, 4.69) is 14.5 Å². The molecular formula is C36H32F4N4O3. The SMILES string of the molecule is O=C1c2ccc(N3CCC4(CC3)C(=O)N(Cc3ccc(F)cc3)CN4c3ccccc3)cc2CN1Cc1ccc(OC(F)(F)F)cc1. The molecule has 47 heavy (non-hydrogen) atoms.